The molecule has 0 saturated carbocycles. The van der Waals surface area contributed by atoms with Gasteiger partial charge in [-0.1, -0.05) is 18.2 Å². The molecule has 1 heterocycles. The molecular formula is C13H17NO2. The van der Waals surface area contributed by atoms with E-state index >= 15 is 0 Å². The normalized spacial score (nSPS) is 23.4. The van der Waals surface area contributed by atoms with Gasteiger partial charge >= 0.3 is 0 Å². The fourth-order valence-electron chi connectivity index (χ4n) is 2.12. The number of hydrogen-bond acceptors (Lipinski definition) is 2. The number of nitrogens with zero attached hydrogens (tertiary/aromatic N) is 1. The maximum absolute atomic E-state index is 12.3. The Morgan fingerprint density at radius 1 is 1.38 bits per heavy atom. The molecule has 1 aromatic rings. The predicted octanol–water partition coefficient (Wildman–Crippen LogP) is 2.28. The summed E-state index contributed by atoms with van der Waals surface area (Å²) >= 11 is 0. The maximum Gasteiger partial charge on any atom is 0.256 e. The Bertz CT molecular complexity index is 386. The second kappa shape index (κ2) is 3.91. The Balaban J connectivity index is 2.28. The lowest BCUT2D eigenvalue weighted by Gasteiger charge is -2.32. The van der Waals surface area contributed by atoms with E-state index in [0.29, 0.717) is 12.2 Å². The van der Waals surface area contributed by atoms with E-state index in [-0.39, 0.29) is 17.7 Å². The number of benzene rings is 1. The molecule has 0 aromatic heterocycles. The minimum Gasteiger partial charge on any atom is -0.356 e. The van der Waals surface area contributed by atoms with Gasteiger partial charge in [-0.3, -0.25) is 4.79 Å². The van der Waals surface area contributed by atoms with Gasteiger partial charge in [-0.25, -0.2) is 0 Å². The van der Waals surface area contributed by atoms with Gasteiger partial charge in [0.1, 0.15) is 6.23 Å². The van der Waals surface area contributed by atoms with E-state index in [1.54, 1.807) is 0 Å². The van der Waals surface area contributed by atoms with Crippen molar-refractivity contribution >= 4 is 5.91 Å². The lowest BCUT2D eigenvalue weighted by Crippen LogP contribution is -2.47. The largest absolute Gasteiger partial charge is 0.356 e. The third kappa shape index (κ3) is 1.83. The smallest absolute Gasteiger partial charge is 0.256 e. The first-order valence-electron chi connectivity index (χ1n) is 5.53. The van der Waals surface area contributed by atoms with Crippen molar-refractivity contribution in [2.75, 3.05) is 6.61 Å². The first-order chi connectivity index (χ1) is 7.52. The maximum atomic E-state index is 12.3. The molecule has 16 heavy (non-hydrogen) atoms. The van der Waals surface area contributed by atoms with Crippen molar-refractivity contribution in [2.45, 2.75) is 32.5 Å². The van der Waals surface area contributed by atoms with Crippen molar-refractivity contribution < 1.29 is 9.53 Å². The molecule has 1 saturated heterocycles. The first-order valence-corrected chi connectivity index (χ1v) is 5.53. The fourth-order valence-corrected chi connectivity index (χ4v) is 2.12. The van der Waals surface area contributed by atoms with Gasteiger partial charge in [0.15, 0.2) is 0 Å². The number of amides is 1. The molecule has 86 valence electrons. The molecule has 0 N–H and O–H groups in total. The highest BCUT2D eigenvalue weighted by molar-refractivity contribution is 5.94. The Morgan fingerprint density at radius 2 is 2.00 bits per heavy atom. The highest BCUT2D eigenvalue weighted by Gasteiger charge is 2.41. The van der Waals surface area contributed by atoms with E-state index in [9.17, 15) is 4.79 Å². The van der Waals surface area contributed by atoms with Crippen LogP contribution in [-0.2, 0) is 4.74 Å². The zero-order chi connectivity index (χ0) is 11.8. The summed E-state index contributed by atoms with van der Waals surface area (Å²) in [5.74, 6) is 0.0376. The van der Waals surface area contributed by atoms with E-state index in [0.717, 1.165) is 0 Å². The molecule has 0 aliphatic carbocycles. The summed E-state index contributed by atoms with van der Waals surface area (Å²) in [7, 11) is 0. The van der Waals surface area contributed by atoms with Gasteiger partial charge < -0.3 is 9.64 Å². The van der Waals surface area contributed by atoms with E-state index < -0.39 is 0 Å². The molecule has 1 atom stereocenters. The Hall–Kier alpha value is -1.35. The van der Waals surface area contributed by atoms with E-state index in [4.69, 9.17) is 4.74 Å². The van der Waals surface area contributed by atoms with Gasteiger partial charge in [0.25, 0.3) is 5.91 Å². The van der Waals surface area contributed by atoms with Crippen molar-refractivity contribution in [3.63, 3.8) is 0 Å². The molecule has 1 aliphatic heterocycles. The van der Waals surface area contributed by atoms with Crippen LogP contribution in [0.3, 0.4) is 0 Å². The molecule has 1 fully saturated rings. The number of rotatable bonds is 1. The molecule has 3 nitrogen and oxygen atoms in total. The van der Waals surface area contributed by atoms with Crippen LogP contribution in [-0.4, -0.2) is 29.2 Å². The van der Waals surface area contributed by atoms with Crippen LogP contribution in [0.2, 0.25) is 0 Å². The molecule has 0 bridgehead atoms. The van der Waals surface area contributed by atoms with Crippen LogP contribution in [0.15, 0.2) is 30.3 Å². The molecule has 1 unspecified atom stereocenters. The minimum absolute atomic E-state index is 0.0376. The standard InChI is InChI=1S/C13H17NO2/c1-10-14(13(2,3)9-16-10)12(15)11-7-5-4-6-8-11/h4-8,10H,9H2,1-3H3. The summed E-state index contributed by atoms with van der Waals surface area (Å²) in [6, 6.07) is 9.34. The van der Waals surface area contributed by atoms with Crippen LogP contribution in [0.5, 0.6) is 0 Å². The van der Waals surface area contributed by atoms with Gasteiger partial charge in [0.2, 0.25) is 0 Å². The summed E-state index contributed by atoms with van der Waals surface area (Å²) in [5, 5.41) is 0. The lowest BCUT2D eigenvalue weighted by molar-refractivity contribution is 0.0307. The molecule has 0 spiro atoms. The number of carbonyl (C=O) groups excluding carboxylic acids is 1. The van der Waals surface area contributed by atoms with Crippen molar-refractivity contribution in [3.8, 4) is 0 Å². The van der Waals surface area contributed by atoms with E-state index in [2.05, 4.69) is 0 Å². The highest BCUT2D eigenvalue weighted by Crippen LogP contribution is 2.28. The lowest BCUT2D eigenvalue weighted by atomic mass is 10.0. The summed E-state index contributed by atoms with van der Waals surface area (Å²) in [5.41, 5.74) is 0.486. The Kier molecular flexibility index (Phi) is 2.72. The van der Waals surface area contributed by atoms with Crippen LogP contribution >= 0.6 is 0 Å². The van der Waals surface area contributed by atoms with Crippen LogP contribution in [0, 0.1) is 0 Å². The zero-order valence-electron chi connectivity index (χ0n) is 9.93. The van der Waals surface area contributed by atoms with Crippen molar-refractivity contribution in [1.29, 1.82) is 0 Å². The summed E-state index contributed by atoms with van der Waals surface area (Å²) in [6.07, 6.45) is -0.150. The zero-order valence-corrected chi connectivity index (χ0v) is 9.93. The highest BCUT2D eigenvalue weighted by atomic mass is 16.5. The monoisotopic (exact) mass is 219 g/mol. The van der Waals surface area contributed by atoms with Crippen molar-refractivity contribution in [2.24, 2.45) is 0 Å². The molecule has 1 aromatic carbocycles. The number of ether oxygens (including phenoxy) is 1. The molecule has 1 amide bonds. The molecule has 0 radical (unpaired) electrons. The SMILES string of the molecule is CC1OCC(C)(C)N1C(=O)c1ccccc1. The topological polar surface area (TPSA) is 29.5 Å². The summed E-state index contributed by atoms with van der Waals surface area (Å²) in [4.78, 5) is 14.1. The third-order valence-corrected chi connectivity index (χ3v) is 2.93. The quantitative estimate of drug-likeness (QED) is 0.725. The van der Waals surface area contributed by atoms with Crippen LogP contribution in [0.1, 0.15) is 31.1 Å². The summed E-state index contributed by atoms with van der Waals surface area (Å²) < 4.78 is 5.53. The minimum atomic E-state index is -0.230. The van der Waals surface area contributed by atoms with Gasteiger partial charge in [-0.05, 0) is 32.9 Å². The van der Waals surface area contributed by atoms with Gasteiger partial charge in [0.05, 0.1) is 12.1 Å². The van der Waals surface area contributed by atoms with Crippen molar-refractivity contribution in [3.05, 3.63) is 35.9 Å². The molecule has 2 rings (SSSR count). The number of hydrogen-bond donors (Lipinski definition) is 0. The van der Waals surface area contributed by atoms with Crippen LogP contribution in [0.4, 0.5) is 0 Å². The second-order valence-electron chi connectivity index (χ2n) is 4.76. The Morgan fingerprint density at radius 3 is 2.50 bits per heavy atom. The van der Waals surface area contributed by atoms with Gasteiger partial charge in [0, 0.05) is 5.56 Å². The second-order valence-corrected chi connectivity index (χ2v) is 4.76. The van der Waals surface area contributed by atoms with Crippen LogP contribution in [0.25, 0.3) is 0 Å². The van der Waals surface area contributed by atoms with Gasteiger partial charge in [-0.15, -0.1) is 0 Å². The van der Waals surface area contributed by atoms with E-state index in [1.807, 2.05) is 56.0 Å². The average molecular weight is 219 g/mol. The average Bonchev–Trinajstić information content (AvgIpc) is 2.53. The van der Waals surface area contributed by atoms with Gasteiger partial charge in [-0.2, -0.15) is 0 Å². The molecule has 3 heteroatoms. The number of carbonyl (C=O) groups is 1. The summed E-state index contributed by atoms with van der Waals surface area (Å²) in [6.45, 7) is 6.55. The fraction of sp³-hybridized carbons (Fsp3) is 0.462. The third-order valence-electron chi connectivity index (χ3n) is 2.93. The van der Waals surface area contributed by atoms with E-state index in [1.165, 1.54) is 0 Å². The molecule has 1 aliphatic rings. The molecular weight excluding hydrogens is 202 g/mol. The van der Waals surface area contributed by atoms with Crippen LogP contribution < -0.4 is 0 Å². The Labute approximate surface area is 96.0 Å². The predicted molar refractivity (Wildman–Crippen MR) is 62.1 cm³/mol. The van der Waals surface area contributed by atoms with Crippen molar-refractivity contribution in [1.82, 2.24) is 4.90 Å². The first kappa shape index (κ1) is 11.1.